The van der Waals surface area contributed by atoms with Gasteiger partial charge in [-0.3, -0.25) is 4.72 Å². The number of benzene rings is 3. The third kappa shape index (κ3) is 3.80. The van der Waals surface area contributed by atoms with Gasteiger partial charge in [0.05, 0.1) is 10.6 Å². The summed E-state index contributed by atoms with van der Waals surface area (Å²) in [7, 11) is -4.44. The van der Waals surface area contributed by atoms with Gasteiger partial charge in [-0.05, 0) is 35.9 Å². The van der Waals surface area contributed by atoms with Crippen molar-refractivity contribution in [3.63, 3.8) is 0 Å². The van der Waals surface area contributed by atoms with Gasteiger partial charge in [0, 0.05) is 15.6 Å². The molecule has 0 heterocycles. The minimum atomic E-state index is -4.44. The Bertz CT molecular complexity index is 1150. The quantitative estimate of drug-likeness (QED) is 0.300. The van der Waals surface area contributed by atoms with E-state index in [-0.39, 0.29) is 20.5 Å². The van der Waals surface area contributed by atoms with Crippen molar-refractivity contribution in [1.82, 2.24) is 0 Å². The van der Waals surface area contributed by atoms with E-state index >= 15 is 0 Å². The van der Waals surface area contributed by atoms with Crippen LogP contribution in [-0.2, 0) is 10.0 Å². The van der Waals surface area contributed by atoms with Crippen molar-refractivity contribution in [2.75, 3.05) is 4.72 Å². The third-order valence-electron chi connectivity index (χ3n) is 3.71. The number of hydrogen-bond acceptors (Lipinski definition) is 2. The van der Waals surface area contributed by atoms with Crippen molar-refractivity contribution in [2.24, 2.45) is 0 Å². The predicted molar refractivity (Wildman–Crippen MR) is 99.0 cm³/mol. The molecule has 3 nitrogen and oxygen atoms in total. The van der Waals surface area contributed by atoms with E-state index in [1.54, 1.807) is 4.72 Å². The predicted octanol–water partition coefficient (Wildman–Crippen LogP) is 6.02. The van der Waals surface area contributed by atoms with Crippen LogP contribution in [0.2, 0.25) is 10.0 Å². The summed E-state index contributed by atoms with van der Waals surface area (Å²) in [5.74, 6) is -7.99. The fourth-order valence-electron chi connectivity index (χ4n) is 2.49. The molecule has 0 fully saturated rings. The van der Waals surface area contributed by atoms with Gasteiger partial charge in [-0.2, -0.15) is 0 Å². The Kier molecular flexibility index (Phi) is 5.56. The van der Waals surface area contributed by atoms with Crippen LogP contribution in [0.5, 0.6) is 0 Å². The third-order valence-corrected chi connectivity index (χ3v) is 5.51. The Morgan fingerprint density at radius 3 is 1.86 bits per heavy atom. The van der Waals surface area contributed by atoms with Crippen LogP contribution in [0.3, 0.4) is 0 Å². The summed E-state index contributed by atoms with van der Waals surface area (Å²) in [5, 5.41) is -0.0205. The number of nitrogens with one attached hydrogen (secondary N) is 1. The molecule has 0 atom stereocenters. The van der Waals surface area contributed by atoms with Crippen LogP contribution in [-0.4, -0.2) is 8.42 Å². The van der Waals surface area contributed by atoms with Gasteiger partial charge in [0.25, 0.3) is 10.0 Å². The van der Waals surface area contributed by atoms with E-state index < -0.39 is 44.5 Å². The highest BCUT2D eigenvalue weighted by atomic mass is 35.5. The van der Waals surface area contributed by atoms with Crippen molar-refractivity contribution in [1.29, 1.82) is 0 Å². The molecule has 3 rings (SSSR count). The van der Waals surface area contributed by atoms with Crippen molar-refractivity contribution in [3.8, 4) is 11.1 Å². The van der Waals surface area contributed by atoms with Gasteiger partial charge in [-0.15, -0.1) is 0 Å². The van der Waals surface area contributed by atoms with Gasteiger partial charge in [-0.1, -0.05) is 41.4 Å². The number of hydrogen-bond donors (Lipinski definition) is 1. The normalized spacial score (nSPS) is 11.5. The number of sulfonamides is 1. The van der Waals surface area contributed by atoms with E-state index in [0.29, 0.717) is 0 Å². The standard InChI is InChI=1S/C18H9Cl2F4NO2S/c19-10-6-9(7-11(20)8-10)13-14(21)15(22)16(23)17(24)18(13)25-28(26,27)12-4-2-1-3-5-12/h1-8,25H. The molecule has 28 heavy (non-hydrogen) atoms. The molecule has 0 spiro atoms. The molecule has 0 bridgehead atoms. The molecular formula is C18H9Cl2F4NO2S. The van der Waals surface area contributed by atoms with Crippen molar-refractivity contribution >= 4 is 38.9 Å². The average Bonchev–Trinajstić information content (AvgIpc) is 2.64. The molecule has 0 aliphatic carbocycles. The van der Waals surface area contributed by atoms with Crippen LogP contribution < -0.4 is 4.72 Å². The summed E-state index contributed by atoms with van der Waals surface area (Å²) >= 11 is 11.7. The Balaban J connectivity index is 2.29. The largest absolute Gasteiger partial charge is 0.276 e. The fourth-order valence-corrected chi connectivity index (χ4v) is 4.11. The maximum Gasteiger partial charge on any atom is 0.262 e. The van der Waals surface area contributed by atoms with E-state index in [2.05, 4.69) is 0 Å². The Morgan fingerprint density at radius 1 is 0.750 bits per heavy atom. The molecule has 0 amide bonds. The topological polar surface area (TPSA) is 46.2 Å². The Hall–Kier alpha value is -2.29. The van der Waals surface area contributed by atoms with Crippen molar-refractivity contribution < 1.29 is 26.0 Å². The summed E-state index contributed by atoms with van der Waals surface area (Å²) in [6.07, 6.45) is 0. The second-order valence-corrected chi connectivity index (χ2v) is 8.14. The number of halogens is 6. The molecule has 0 aliphatic rings. The van der Waals surface area contributed by atoms with Gasteiger partial charge < -0.3 is 0 Å². The second kappa shape index (κ2) is 7.62. The van der Waals surface area contributed by atoms with E-state index in [9.17, 15) is 26.0 Å². The molecule has 0 aliphatic heterocycles. The molecule has 146 valence electrons. The van der Waals surface area contributed by atoms with Gasteiger partial charge >= 0.3 is 0 Å². The summed E-state index contributed by atoms with van der Waals surface area (Å²) in [6.45, 7) is 0. The lowest BCUT2D eigenvalue weighted by molar-refractivity contribution is 0.413. The molecule has 3 aromatic carbocycles. The number of anilines is 1. The van der Waals surface area contributed by atoms with Crippen LogP contribution >= 0.6 is 23.2 Å². The average molecular weight is 450 g/mol. The van der Waals surface area contributed by atoms with Crippen molar-refractivity contribution in [3.05, 3.63) is 81.8 Å². The van der Waals surface area contributed by atoms with E-state index in [0.717, 1.165) is 12.1 Å². The SMILES string of the molecule is O=S(=O)(Nc1c(F)c(F)c(F)c(F)c1-c1cc(Cl)cc(Cl)c1)c1ccccc1. The molecule has 0 unspecified atom stereocenters. The van der Waals surface area contributed by atoms with Crippen LogP contribution in [0.1, 0.15) is 0 Å². The molecule has 0 saturated heterocycles. The molecule has 3 aromatic rings. The second-order valence-electron chi connectivity index (χ2n) is 5.58. The molecule has 1 N–H and O–H groups in total. The van der Waals surface area contributed by atoms with E-state index in [4.69, 9.17) is 23.2 Å². The highest BCUT2D eigenvalue weighted by molar-refractivity contribution is 7.92. The van der Waals surface area contributed by atoms with Crippen LogP contribution in [0.15, 0.2) is 53.4 Å². The molecule has 0 radical (unpaired) electrons. The highest BCUT2D eigenvalue weighted by Gasteiger charge is 2.29. The zero-order valence-electron chi connectivity index (χ0n) is 13.6. The van der Waals surface area contributed by atoms with Gasteiger partial charge in [0.15, 0.2) is 23.3 Å². The van der Waals surface area contributed by atoms with Gasteiger partial charge in [0.2, 0.25) is 0 Å². The summed E-state index contributed by atoms with van der Waals surface area (Å²) in [5.41, 5.74) is -2.24. The smallest absolute Gasteiger partial charge is 0.262 e. The molecule has 0 aromatic heterocycles. The minimum Gasteiger partial charge on any atom is -0.276 e. The first kappa shape index (κ1) is 20.4. The Morgan fingerprint density at radius 2 is 1.29 bits per heavy atom. The zero-order valence-corrected chi connectivity index (χ0v) is 15.9. The fraction of sp³-hybridized carbons (Fsp3) is 0. The monoisotopic (exact) mass is 449 g/mol. The lowest BCUT2D eigenvalue weighted by atomic mass is 10.0. The summed E-state index contributed by atoms with van der Waals surface area (Å²) in [6, 6.07) is 10.2. The zero-order chi connectivity index (χ0) is 20.6. The van der Waals surface area contributed by atoms with Gasteiger partial charge in [0.1, 0.15) is 0 Å². The van der Waals surface area contributed by atoms with Crippen molar-refractivity contribution in [2.45, 2.75) is 4.90 Å². The summed E-state index contributed by atoms with van der Waals surface area (Å²) < 4.78 is 83.4. The maximum atomic E-state index is 14.5. The van der Waals surface area contributed by atoms with Crippen LogP contribution in [0, 0.1) is 23.3 Å². The maximum absolute atomic E-state index is 14.5. The first-order valence-corrected chi connectivity index (χ1v) is 9.76. The van der Waals surface area contributed by atoms with Crippen LogP contribution in [0.25, 0.3) is 11.1 Å². The first-order chi connectivity index (χ1) is 13.1. The van der Waals surface area contributed by atoms with E-state index in [1.165, 1.54) is 36.4 Å². The first-order valence-electron chi connectivity index (χ1n) is 7.52. The number of rotatable bonds is 4. The molecule has 10 heteroatoms. The van der Waals surface area contributed by atoms with Crippen LogP contribution in [0.4, 0.5) is 23.2 Å². The molecular weight excluding hydrogens is 441 g/mol. The summed E-state index contributed by atoms with van der Waals surface area (Å²) in [4.78, 5) is -0.297. The lowest BCUT2D eigenvalue weighted by Gasteiger charge is -2.16. The van der Waals surface area contributed by atoms with E-state index in [1.807, 2.05) is 0 Å². The lowest BCUT2D eigenvalue weighted by Crippen LogP contribution is -2.17. The van der Waals surface area contributed by atoms with Gasteiger partial charge in [-0.25, -0.2) is 26.0 Å². The molecule has 0 saturated carbocycles. The highest BCUT2D eigenvalue weighted by Crippen LogP contribution is 2.39. The Labute approximate surface area is 167 Å². The minimum absolute atomic E-state index is 0.0103.